The van der Waals surface area contributed by atoms with Crippen LogP contribution in [-0.2, 0) is 33.8 Å². The first-order valence-electron chi connectivity index (χ1n) is 15.4. The predicted molar refractivity (Wildman–Crippen MR) is 189 cm³/mol. The van der Waals surface area contributed by atoms with Gasteiger partial charge in [0.2, 0.25) is 23.0 Å². The predicted octanol–water partition coefficient (Wildman–Crippen LogP) is 9.20. The molecule has 21 heteroatoms. The molecule has 2 N–H and O–H groups in total. The zero-order chi connectivity index (χ0) is 41.7. The maximum Gasteiger partial charge on any atom is 0.259 e. The Morgan fingerprint density at radius 3 is 1.56 bits per heavy atom. The van der Waals surface area contributed by atoms with Gasteiger partial charge < -0.3 is 9.97 Å². The second-order valence-electron chi connectivity index (χ2n) is 11.1. The zero-order valence-corrected chi connectivity index (χ0v) is 32.2. The summed E-state index contributed by atoms with van der Waals surface area (Å²) in [7, 11) is 0. The van der Waals surface area contributed by atoms with E-state index in [1.54, 1.807) is 42.5 Å². The molecular weight excluding hydrogens is 961 g/mol. The van der Waals surface area contributed by atoms with Gasteiger partial charge >= 0.3 is 0 Å². The van der Waals surface area contributed by atoms with Crippen molar-refractivity contribution in [1.29, 1.82) is 0 Å². The van der Waals surface area contributed by atoms with Crippen molar-refractivity contribution in [3.63, 3.8) is 0 Å². The van der Waals surface area contributed by atoms with Crippen molar-refractivity contribution in [2.45, 2.75) is 0 Å². The van der Waals surface area contributed by atoms with Gasteiger partial charge in [0.15, 0.2) is 52.3 Å². The average molecular weight is 977 g/mol. The van der Waals surface area contributed by atoms with Crippen molar-refractivity contribution in [3.05, 3.63) is 173 Å². The summed E-state index contributed by atoms with van der Waals surface area (Å²) in [6.07, 6.45) is 1.84. The first kappa shape index (κ1) is 47.6. The normalized spacial score (nSPS) is 10.8. The van der Waals surface area contributed by atoms with E-state index in [-0.39, 0.29) is 55.0 Å². The van der Waals surface area contributed by atoms with Gasteiger partial charge in [-0.05, 0) is 39.2 Å². The van der Waals surface area contributed by atoms with Gasteiger partial charge in [0.1, 0.15) is 11.4 Å². The van der Waals surface area contributed by atoms with Crippen molar-refractivity contribution < 1.29 is 87.3 Å². The van der Waals surface area contributed by atoms with Gasteiger partial charge in [-0.15, -0.1) is 35.9 Å². The van der Waals surface area contributed by atoms with Crippen molar-refractivity contribution in [1.82, 2.24) is 9.97 Å². The number of hydrogen-bond acceptors (Lipinski definition) is 6. The van der Waals surface area contributed by atoms with Gasteiger partial charge in [-0.1, -0.05) is 30.3 Å². The van der Waals surface area contributed by atoms with Crippen molar-refractivity contribution in [3.8, 4) is 22.4 Å². The van der Waals surface area contributed by atoms with Gasteiger partial charge in [-0.25, -0.2) is 53.9 Å². The minimum atomic E-state index is -2.34. The molecule has 0 aliphatic carbocycles. The van der Waals surface area contributed by atoms with Crippen LogP contribution < -0.4 is 11.1 Å². The molecule has 0 fully saturated rings. The molecule has 0 amide bonds. The molecule has 0 saturated carbocycles. The number of aromatic amines is 2. The molecule has 307 valence electrons. The Morgan fingerprint density at radius 1 is 0.610 bits per heavy atom. The molecule has 6 aromatic rings. The number of H-pyrrole nitrogens is 2. The van der Waals surface area contributed by atoms with Crippen LogP contribution in [0.1, 0.15) is 20.7 Å². The van der Waals surface area contributed by atoms with Crippen LogP contribution in [0.15, 0.2) is 97.0 Å². The van der Waals surface area contributed by atoms with E-state index in [1.165, 1.54) is 18.2 Å². The SMILES string of the molecule is O=C(C=Nc1c(F)c(F)c(F)c(F)c1F)c1c(Br)c[nH]c(=O)c1-c1[c-]cccc1.O=C(C=Nc1c(F)c(F)c(F)c(F)c1F)c1ccc(-c2ccccc2)[nH]c1=O.[Co].[Fe]. The fourth-order valence-electron chi connectivity index (χ4n) is 4.80. The fourth-order valence-corrected chi connectivity index (χ4v) is 5.31. The van der Waals surface area contributed by atoms with E-state index in [4.69, 9.17) is 0 Å². The molecule has 0 unspecified atom stereocenters. The molecule has 1 radical (unpaired) electrons. The number of hydrogen-bond donors (Lipinski definition) is 2. The standard InChI is InChI=1S/C19H7BrF5N2O2.C19H9F5N2O2.Co.Fe/c20-9-6-27-19(29)11(8-4-2-1-3-5-8)12(9)10(28)7-26-18-16(24)14(22)13(21)15(23)17(18)25;20-13-14(21)16(23)18(17(24)15(13)22)25-8-12(27)10-6-7-11(26-19(10)28)9-4-2-1-3-5-9;;/h1-4,6-7H,(H,27,29);1-8H,(H,26,28);;/q-1;;;. The van der Waals surface area contributed by atoms with Gasteiger partial charge in [0, 0.05) is 55.8 Å². The number of nitrogens with zero attached hydrogens (tertiary/aromatic N) is 2. The molecule has 2 heterocycles. The summed E-state index contributed by atoms with van der Waals surface area (Å²) in [6, 6.07) is 20.2. The number of halogens is 11. The number of rotatable bonds is 8. The number of Topliss-reactive ketones (excluding diaryl/α,β-unsaturated/α-hetero) is 2. The summed E-state index contributed by atoms with van der Waals surface area (Å²) in [6.45, 7) is 0. The van der Waals surface area contributed by atoms with Crippen LogP contribution in [0, 0.1) is 64.2 Å². The third-order valence-corrected chi connectivity index (χ3v) is 8.15. The molecule has 0 aliphatic heterocycles. The summed E-state index contributed by atoms with van der Waals surface area (Å²) >= 11 is 3.08. The molecule has 6 rings (SSSR count). The Bertz CT molecular complexity index is 2700. The van der Waals surface area contributed by atoms with Crippen LogP contribution in [0.5, 0.6) is 0 Å². The first-order valence-corrected chi connectivity index (χ1v) is 16.2. The summed E-state index contributed by atoms with van der Waals surface area (Å²) in [5, 5.41) is 0. The van der Waals surface area contributed by atoms with E-state index in [9.17, 15) is 63.1 Å². The minimum Gasteiger partial charge on any atom is -0.335 e. The molecule has 0 bridgehead atoms. The molecular formula is C38H16BrCoF10FeN4O4-. The number of benzene rings is 4. The topological polar surface area (TPSA) is 125 Å². The van der Waals surface area contributed by atoms with Crippen molar-refractivity contribution >= 4 is 51.3 Å². The van der Waals surface area contributed by atoms with E-state index in [0.29, 0.717) is 23.7 Å². The summed E-state index contributed by atoms with van der Waals surface area (Å²) in [5.74, 6) is -24.3. The van der Waals surface area contributed by atoms with Gasteiger partial charge in [0.05, 0.1) is 18.0 Å². The minimum absolute atomic E-state index is 0. The van der Waals surface area contributed by atoms with Crippen molar-refractivity contribution in [2.24, 2.45) is 9.98 Å². The second-order valence-corrected chi connectivity index (χ2v) is 11.9. The van der Waals surface area contributed by atoms with E-state index in [0.717, 1.165) is 12.3 Å². The first-order chi connectivity index (χ1) is 27.0. The number of nitrogens with one attached hydrogen (secondary N) is 2. The number of carbonyl (C=O) groups excluding carboxylic acids is 2. The Balaban J connectivity index is 0.000000305. The number of aliphatic imine (C=N–C) groups is 2. The van der Waals surface area contributed by atoms with E-state index in [1.807, 2.05) is 0 Å². The average Bonchev–Trinajstić information content (AvgIpc) is 3.22. The second kappa shape index (κ2) is 20.3. The molecule has 0 atom stereocenters. The molecule has 4 aromatic carbocycles. The number of carbonyl (C=O) groups is 2. The smallest absolute Gasteiger partial charge is 0.259 e. The Kier molecular flexibility index (Phi) is 16.4. The number of aromatic nitrogens is 2. The maximum atomic E-state index is 13.7. The van der Waals surface area contributed by atoms with Crippen LogP contribution in [0.2, 0.25) is 0 Å². The Labute approximate surface area is 352 Å². The summed E-state index contributed by atoms with van der Waals surface area (Å²) < 4.78 is 134. The van der Waals surface area contributed by atoms with Crippen LogP contribution in [0.3, 0.4) is 0 Å². The van der Waals surface area contributed by atoms with E-state index in [2.05, 4.69) is 41.9 Å². The van der Waals surface area contributed by atoms with Crippen molar-refractivity contribution in [2.75, 3.05) is 0 Å². The quantitative estimate of drug-likeness (QED) is 0.0300. The summed E-state index contributed by atoms with van der Waals surface area (Å²) in [5.41, 5.74) is -3.97. The van der Waals surface area contributed by atoms with Crippen LogP contribution in [-0.4, -0.2) is 34.0 Å². The molecule has 8 nitrogen and oxygen atoms in total. The maximum absolute atomic E-state index is 13.7. The molecule has 0 spiro atoms. The molecule has 2 aromatic heterocycles. The molecule has 59 heavy (non-hydrogen) atoms. The molecule has 0 saturated heterocycles. The zero-order valence-electron chi connectivity index (χ0n) is 28.5. The number of pyridine rings is 2. The Morgan fingerprint density at radius 2 is 1.08 bits per heavy atom. The van der Waals surface area contributed by atoms with Crippen LogP contribution in [0.4, 0.5) is 55.3 Å². The monoisotopic (exact) mass is 976 g/mol. The third-order valence-electron chi connectivity index (χ3n) is 7.53. The third kappa shape index (κ3) is 10.1. The van der Waals surface area contributed by atoms with Crippen LogP contribution in [0.25, 0.3) is 22.4 Å². The van der Waals surface area contributed by atoms with Gasteiger partial charge in [0.25, 0.3) is 5.56 Å². The van der Waals surface area contributed by atoms with E-state index < -0.39 is 97.8 Å². The van der Waals surface area contributed by atoms with Gasteiger partial charge in [-0.3, -0.25) is 19.2 Å². The van der Waals surface area contributed by atoms with Crippen LogP contribution >= 0.6 is 15.9 Å². The number of ketones is 2. The largest absolute Gasteiger partial charge is 0.335 e. The molecule has 0 aliphatic rings. The summed E-state index contributed by atoms with van der Waals surface area (Å²) in [4.78, 5) is 60.0. The Hall–Kier alpha value is -5.73. The van der Waals surface area contributed by atoms with Gasteiger partial charge in [-0.2, -0.15) is 0 Å². The fraction of sp³-hybridized carbons (Fsp3) is 0. The van der Waals surface area contributed by atoms with E-state index >= 15 is 0 Å².